The van der Waals surface area contributed by atoms with E-state index >= 15 is 0 Å². The Balaban J connectivity index is 0. The molecule has 0 heterocycles. The fourth-order valence-corrected chi connectivity index (χ4v) is 0. The van der Waals surface area contributed by atoms with Gasteiger partial charge in [0.25, 0.3) is 0 Å². The first kappa shape index (κ1) is 129. The fraction of sp³-hybridized carbons (Fsp3) is 0. The van der Waals surface area contributed by atoms with Crippen LogP contribution in [0.1, 0.15) is 0 Å². The van der Waals surface area contributed by atoms with Crippen molar-refractivity contribution in [3.05, 3.63) is 0 Å². The molecule has 0 saturated heterocycles. The summed E-state index contributed by atoms with van der Waals surface area (Å²) in [7, 11) is 0. The van der Waals surface area contributed by atoms with Crippen LogP contribution in [0.5, 0.6) is 0 Å². The van der Waals surface area contributed by atoms with Crippen LogP contribution in [0.15, 0.2) is 0 Å². The molecule has 0 aliphatic rings. The van der Waals surface area contributed by atoms with Gasteiger partial charge in [0.05, 0.1) is 0 Å². The van der Waals surface area contributed by atoms with E-state index in [-0.39, 0.29) is 75.0 Å². The molecular weight excluding hydrogens is 339 g/mol. The molecule has 0 bridgehead atoms. The Morgan fingerprint density at radius 3 is 0.500 bits per heavy atom. The molecule has 0 aliphatic heterocycles. The van der Waals surface area contributed by atoms with Crippen LogP contribution in [0.25, 0.3) is 0 Å². The minimum absolute atomic E-state index is 0. The summed E-state index contributed by atoms with van der Waals surface area (Å²) < 4.78 is 0. The predicted octanol–water partition coefficient (Wildman–Crippen LogP) is -3.30. The molecule has 4 nitrogen and oxygen atoms in total. The molecule has 0 aliphatic carbocycles. The van der Waals surface area contributed by atoms with Gasteiger partial charge in [0, 0.05) is 53.1 Å². The topological polar surface area (TPSA) is 126 Å². The molecule has 0 unspecified atom stereocenters. The van der Waals surface area contributed by atoms with Crippen molar-refractivity contribution in [2.24, 2.45) is 0 Å². The Bertz CT molecular complexity index is 7.51. The van der Waals surface area contributed by atoms with Crippen molar-refractivity contribution >= 4 is 0 Å². The third-order valence-corrected chi connectivity index (χ3v) is 0. The van der Waals surface area contributed by atoms with Crippen molar-refractivity contribution < 1.29 is 75.0 Å². The van der Waals surface area contributed by atoms with E-state index in [0.29, 0.717) is 0 Å². The molecule has 0 rings (SSSR count). The summed E-state index contributed by atoms with van der Waals surface area (Å²) in [5.41, 5.74) is 0. The smallest absolute Gasteiger partial charge is 0 e. The summed E-state index contributed by atoms with van der Waals surface area (Å²) in [6.45, 7) is 0. The molecule has 0 aromatic heterocycles. The van der Waals surface area contributed by atoms with Gasteiger partial charge < -0.3 is 21.9 Å². The van der Waals surface area contributed by atoms with Crippen molar-refractivity contribution in [3.63, 3.8) is 0 Å². The first-order valence-corrected chi connectivity index (χ1v) is 0. The number of rotatable bonds is 0. The van der Waals surface area contributed by atoms with Gasteiger partial charge in [-0.05, 0) is 0 Å². The van der Waals surface area contributed by atoms with Crippen molar-refractivity contribution in [1.82, 2.24) is 0 Å². The van der Waals surface area contributed by atoms with E-state index in [4.69, 9.17) is 0 Å². The predicted molar refractivity (Wildman–Crippen MR) is 14.5 cm³/mol. The van der Waals surface area contributed by atoms with Gasteiger partial charge in [-0.25, -0.2) is 0 Å². The quantitative estimate of drug-likeness (QED) is 0.435. The molecule has 0 fully saturated rings. The molecule has 0 amide bonds. The van der Waals surface area contributed by atoms with Crippen LogP contribution in [0.3, 0.4) is 0 Å². The van der Waals surface area contributed by atoms with Gasteiger partial charge in [-0.1, -0.05) is 0 Å². The normalized spacial score (nSPS) is 0. The summed E-state index contributed by atoms with van der Waals surface area (Å²) in [4.78, 5) is 0. The van der Waals surface area contributed by atoms with Crippen molar-refractivity contribution in [1.29, 1.82) is 0 Å². The maximum atomic E-state index is 0. The summed E-state index contributed by atoms with van der Waals surface area (Å²) in [6.07, 6.45) is 0. The van der Waals surface area contributed by atoms with E-state index in [1.807, 2.05) is 0 Å². The van der Waals surface area contributed by atoms with Crippen LogP contribution < -0.4 is 0 Å². The molecule has 0 aromatic rings. The largest absolute Gasteiger partial charge is 0.412 e. The van der Waals surface area contributed by atoms with Gasteiger partial charge in [0.15, 0.2) is 0 Å². The zero-order valence-electron chi connectivity index (χ0n) is 2.96. The molecule has 0 saturated carbocycles. The van der Waals surface area contributed by atoms with E-state index in [2.05, 4.69) is 0 Å². The number of hydrogen-bond acceptors (Lipinski definition) is 0. The second-order valence-corrected chi connectivity index (χ2v) is 0. The van der Waals surface area contributed by atoms with E-state index in [1.54, 1.807) is 0 Å². The molecule has 2 radical (unpaired) electrons. The van der Waals surface area contributed by atoms with Crippen molar-refractivity contribution in [2.45, 2.75) is 0 Å². The summed E-state index contributed by atoms with van der Waals surface area (Å²) in [5.74, 6) is 0. The SMILES string of the molecule is O.O.O.O.[Re].[Y]. The molecule has 0 spiro atoms. The first-order valence-electron chi connectivity index (χ1n) is 0. The maximum absolute atomic E-state index is 0. The minimum Gasteiger partial charge on any atom is -0.412 e. The van der Waals surface area contributed by atoms with E-state index in [9.17, 15) is 0 Å². The summed E-state index contributed by atoms with van der Waals surface area (Å²) >= 11 is 0. The second-order valence-electron chi connectivity index (χ2n) is 0. The second kappa shape index (κ2) is 80.5. The molecule has 0 aromatic carbocycles. The van der Waals surface area contributed by atoms with Crippen LogP contribution in [0.2, 0.25) is 0 Å². The average molecular weight is 347 g/mol. The van der Waals surface area contributed by atoms with Gasteiger partial charge in [-0.15, -0.1) is 0 Å². The van der Waals surface area contributed by atoms with E-state index < -0.39 is 0 Å². The maximum Gasteiger partial charge on any atom is 0 e. The standard InChI is InChI=1S/4H2O.Re.Y/h4*1H2;;. The zero-order chi connectivity index (χ0) is 0. The molecule has 6 heavy (non-hydrogen) atoms. The third kappa shape index (κ3) is 46.1. The van der Waals surface area contributed by atoms with Crippen LogP contribution in [0, 0.1) is 0 Å². The van der Waals surface area contributed by atoms with Crippen LogP contribution in [-0.4, -0.2) is 21.9 Å². The monoisotopic (exact) mass is 348 g/mol. The van der Waals surface area contributed by atoms with Crippen LogP contribution in [-0.2, 0) is 53.1 Å². The Hall–Kier alpha value is 1.61. The molecule has 8 N–H and O–H groups in total. The van der Waals surface area contributed by atoms with Crippen LogP contribution in [0.4, 0.5) is 0 Å². The Morgan fingerprint density at radius 1 is 0.500 bits per heavy atom. The molecule has 0 atom stereocenters. The molecule has 6 heteroatoms. The number of hydrogen-bond donors (Lipinski definition) is 0. The van der Waals surface area contributed by atoms with E-state index in [1.165, 1.54) is 0 Å². The minimum atomic E-state index is 0. The first-order chi connectivity index (χ1) is 0. The van der Waals surface area contributed by atoms with Crippen molar-refractivity contribution in [2.75, 3.05) is 0 Å². The summed E-state index contributed by atoms with van der Waals surface area (Å²) in [5, 5.41) is 0. The van der Waals surface area contributed by atoms with Gasteiger partial charge in [0.2, 0.25) is 0 Å². The Kier molecular flexibility index (Phi) is 1730. The molecular formula is H8O4ReY. The zero-order valence-corrected chi connectivity index (χ0v) is 8.51. The van der Waals surface area contributed by atoms with Crippen LogP contribution >= 0.6 is 0 Å². The summed E-state index contributed by atoms with van der Waals surface area (Å²) in [6, 6.07) is 0. The fourth-order valence-electron chi connectivity index (χ4n) is 0. The molecule has 42 valence electrons. The Morgan fingerprint density at radius 2 is 0.500 bits per heavy atom. The van der Waals surface area contributed by atoms with Gasteiger partial charge in [-0.3, -0.25) is 0 Å². The van der Waals surface area contributed by atoms with Crippen molar-refractivity contribution in [3.8, 4) is 0 Å². The van der Waals surface area contributed by atoms with Gasteiger partial charge in [-0.2, -0.15) is 0 Å². The van der Waals surface area contributed by atoms with Gasteiger partial charge >= 0.3 is 0 Å². The Labute approximate surface area is 74.5 Å². The average Bonchev–Trinajstić information content (AvgIpc) is 0. The van der Waals surface area contributed by atoms with E-state index in [0.717, 1.165) is 0 Å². The van der Waals surface area contributed by atoms with Gasteiger partial charge in [0.1, 0.15) is 0 Å². The third-order valence-electron chi connectivity index (χ3n) is 0.